The first-order valence-electron chi connectivity index (χ1n) is 7.76. The average Bonchev–Trinajstić information content (AvgIpc) is 3.11. The lowest BCUT2D eigenvalue weighted by molar-refractivity contribution is -0.114. The molecule has 0 aliphatic heterocycles. The van der Waals surface area contributed by atoms with Gasteiger partial charge in [-0.1, -0.05) is 35.9 Å². The number of allylic oxidation sites excluding steroid dienone is 1. The molecule has 4 nitrogen and oxygen atoms in total. The normalized spacial score (nSPS) is 11.0. The van der Waals surface area contributed by atoms with Crippen LogP contribution in [0.5, 0.6) is 0 Å². The molecule has 26 heavy (non-hydrogen) atoms. The van der Waals surface area contributed by atoms with Crippen molar-refractivity contribution in [3.8, 4) is 17.3 Å². The average molecular weight is 380 g/mol. The molecule has 0 saturated heterocycles. The van der Waals surface area contributed by atoms with Crippen LogP contribution in [0.2, 0.25) is 5.02 Å². The van der Waals surface area contributed by atoms with Crippen LogP contribution in [-0.4, -0.2) is 10.9 Å². The molecule has 128 valence electrons. The van der Waals surface area contributed by atoms with E-state index in [1.807, 2.05) is 41.8 Å². The second-order valence-electron chi connectivity index (χ2n) is 5.52. The summed E-state index contributed by atoms with van der Waals surface area (Å²) in [4.78, 5) is 15.6. The molecule has 0 bridgehead atoms. The van der Waals surface area contributed by atoms with E-state index >= 15 is 0 Å². The number of nitriles is 1. The van der Waals surface area contributed by atoms with Crippen molar-refractivity contribution >= 4 is 46.2 Å². The fraction of sp³-hybridized carbons (Fsp3) is 0.0500. The van der Waals surface area contributed by atoms with Gasteiger partial charge in [0.15, 0.2) is 0 Å². The summed E-state index contributed by atoms with van der Waals surface area (Å²) in [6, 6.07) is 16.9. The highest BCUT2D eigenvalue weighted by molar-refractivity contribution is 7.11. The van der Waals surface area contributed by atoms with E-state index in [0.29, 0.717) is 21.3 Å². The zero-order chi connectivity index (χ0) is 18.5. The molecular weight excluding hydrogens is 366 g/mol. The molecule has 0 aliphatic rings. The Morgan fingerprint density at radius 3 is 2.50 bits per heavy atom. The lowest BCUT2D eigenvalue weighted by Crippen LogP contribution is -2.05. The minimum atomic E-state index is -0.122. The van der Waals surface area contributed by atoms with E-state index < -0.39 is 0 Å². The second kappa shape index (κ2) is 7.96. The molecule has 0 atom stereocenters. The van der Waals surface area contributed by atoms with Gasteiger partial charge in [-0.15, -0.1) is 11.3 Å². The summed E-state index contributed by atoms with van der Waals surface area (Å²) < 4.78 is 0. The highest BCUT2D eigenvalue weighted by Gasteiger charge is 2.09. The van der Waals surface area contributed by atoms with Crippen LogP contribution in [0.3, 0.4) is 0 Å². The van der Waals surface area contributed by atoms with Crippen LogP contribution < -0.4 is 5.32 Å². The van der Waals surface area contributed by atoms with E-state index in [2.05, 4.69) is 16.4 Å². The molecule has 1 N–H and O–H groups in total. The van der Waals surface area contributed by atoms with Crippen LogP contribution in [0.15, 0.2) is 53.9 Å². The Morgan fingerprint density at radius 1 is 1.19 bits per heavy atom. The predicted octanol–water partition coefficient (Wildman–Crippen LogP) is 5.49. The van der Waals surface area contributed by atoms with Crippen molar-refractivity contribution in [2.45, 2.75) is 6.92 Å². The summed E-state index contributed by atoms with van der Waals surface area (Å²) in [6.45, 7) is 1.46. The highest BCUT2D eigenvalue weighted by Crippen LogP contribution is 2.28. The number of aromatic nitrogens is 1. The van der Waals surface area contributed by atoms with Crippen LogP contribution >= 0.6 is 22.9 Å². The number of anilines is 1. The van der Waals surface area contributed by atoms with Gasteiger partial charge >= 0.3 is 0 Å². The summed E-state index contributed by atoms with van der Waals surface area (Å²) >= 11 is 7.33. The van der Waals surface area contributed by atoms with Crippen LogP contribution in [0, 0.1) is 11.3 Å². The molecule has 0 saturated carbocycles. The van der Waals surface area contributed by atoms with Crippen molar-refractivity contribution in [3.63, 3.8) is 0 Å². The number of carbonyl (C=O) groups is 1. The van der Waals surface area contributed by atoms with Gasteiger partial charge in [0.05, 0.1) is 11.3 Å². The Bertz CT molecular complexity index is 999. The van der Waals surface area contributed by atoms with E-state index in [1.54, 1.807) is 18.2 Å². The van der Waals surface area contributed by atoms with Gasteiger partial charge in [0, 0.05) is 28.6 Å². The maximum absolute atomic E-state index is 11.1. The fourth-order valence-electron chi connectivity index (χ4n) is 2.33. The van der Waals surface area contributed by atoms with Crippen molar-refractivity contribution in [1.29, 1.82) is 5.26 Å². The summed E-state index contributed by atoms with van der Waals surface area (Å²) in [5, 5.41) is 15.5. The van der Waals surface area contributed by atoms with Gasteiger partial charge in [-0.2, -0.15) is 5.26 Å². The van der Waals surface area contributed by atoms with Crippen molar-refractivity contribution in [2.24, 2.45) is 0 Å². The van der Waals surface area contributed by atoms with Gasteiger partial charge in [-0.3, -0.25) is 4.79 Å². The summed E-state index contributed by atoms with van der Waals surface area (Å²) in [5.41, 5.74) is 3.83. The Balaban J connectivity index is 1.85. The molecule has 1 heterocycles. The van der Waals surface area contributed by atoms with Gasteiger partial charge in [-0.25, -0.2) is 4.98 Å². The third-order valence-electron chi connectivity index (χ3n) is 3.54. The number of benzene rings is 2. The number of hydrogen-bond acceptors (Lipinski definition) is 4. The number of rotatable bonds is 4. The molecule has 0 spiro atoms. The lowest BCUT2D eigenvalue weighted by atomic mass is 10.1. The molecule has 0 aliphatic carbocycles. The Labute approximate surface area is 160 Å². The van der Waals surface area contributed by atoms with Gasteiger partial charge in [-0.05, 0) is 35.9 Å². The lowest BCUT2D eigenvalue weighted by Gasteiger charge is -2.02. The number of nitrogens with zero attached hydrogens (tertiary/aromatic N) is 2. The van der Waals surface area contributed by atoms with E-state index in [4.69, 9.17) is 11.6 Å². The van der Waals surface area contributed by atoms with Crippen LogP contribution in [0.1, 0.15) is 17.5 Å². The zero-order valence-electron chi connectivity index (χ0n) is 13.9. The smallest absolute Gasteiger partial charge is 0.221 e. The largest absolute Gasteiger partial charge is 0.326 e. The maximum atomic E-state index is 11.1. The molecule has 2 aromatic carbocycles. The van der Waals surface area contributed by atoms with Gasteiger partial charge in [0.2, 0.25) is 5.91 Å². The second-order valence-corrected chi connectivity index (χ2v) is 6.81. The monoisotopic (exact) mass is 379 g/mol. The quantitative estimate of drug-likeness (QED) is 0.610. The summed E-state index contributed by atoms with van der Waals surface area (Å²) in [7, 11) is 0. The third kappa shape index (κ3) is 4.37. The number of nitrogens with one attached hydrogen (secondary N) is 1. The minimum absolute atomic E-state index is 0.122. The van der Waals surface area contributed by atoms with E-state index in [9.17, 15) is 10.1 Å². The van der Waals surface area contributed by atoms with Crippen molar-refractivity contribution in [1.82, 2.24) is 4.98 Å². The SMILES string of the molecule is CC(=O)Nc1ccc(/C=C(\C#N)c2nc(-c3ccc(Cl)cc3)cs2)cc1. The number of carbonyl (C=O) groups excluding carboxylic acids is 1. The standard InChI is InChI=1S/C20H14ClN3OS/c1-13(25)23-18-8-2-14(3-9-18)10-16(11-22)20-24-19(12-26-20)15-4-6-17(21)7-5-15/h2-10,12H,1H3,(H,23,25)/b16-10+. The van der Waals surface area contributed by atoms with Crippen molar-refractivity contribution < 1.29 is 4.79 Å². The molecule has 3 aromatic rings. The Morgan fingerprint density at radius 2 is 1.88 bits per heavy atom. The predicted molar refractivity (Wildman–Crippen MR) is 107 cm³/mol. The molecule has 3 rings (SSSR count). The van der Waals surface area contributed by atoms with Gasteiger partial charge in [0.1, 0.15) is 11.1 Å². The topological polar surface area (TPSA) is 65.8 Å². The van der Waals surface area contributed by atoms with Crippen molar-refractivity contribution in [2.75, 3.05) is 5.32 Å². The number of hydrogen-bond donors (Lipinski definition) is 1. The summed E-state index contributed by atoms with van der Waals surface area (Å²) in [6.07, 6.45) is 1.78. The maximum Gasteiger partial charge on any atom is 0.221 e. The minimum Gasteiger partial charge on any atom is -0.326 e. The molecule has 1 aromatic heterocycles. The highest BCUT2D eigenvalue weighted by atomic mass is 35.5. The van der Waals surface area contributed by atoms with Gasteiger partial charge in [0.25, 0.3) is 0 Å². The molecule has 0 fully saturated rings. The number of thiazole rings is 1. The summed E-state index contributed by atoms with van der Waals surface area (Å²) in [5.74, 6) is -0.122. The fourth-order valence-corrected chi connectivity index (χ4v) is 3.25. The first kappa shape index (κ1) is 17.9. The van der Waals surface area contributed by atoms with Gasteiger partial charge < -0.3 is 5.32 Å². The van der Waals surface area contributed by atoms with E-state index in [-0.39, 0.29) is 5.91 Å². The molecular formula is C20H14ClN3OS. The van der Waals surface area contributed by atoms with E-state index in [0.717, 1.165) is 16.8 Å². The Kier molecular flexibility index (Phi) is 5.47. The first-order valence-corrected chi connectivity index (χ1v) is 9.02. The molecule has 0 unspecified atom stereocenters. The number of amides is 1. The van der Waals surface area contributed by atoms with Crippen LogP contribution in [0.25, 0.3) is 22.9 Å². The first-order chi connectivity index (χ1) is 12.5. The Hall–Kier alpha value is -2.94. The molecule has 1 amide bonds. The van der Waals surface area contributed by atoms with Crippen molar-refractivity contribution in [3.05, 3.63) is 69.5 Å². The zero-order valence-corrected chi connectivity index (χ0v) is 15.4. The van der Waals surface area contributed by atoms with Crippen LogP contribution in [0.4, 0.5) is 5.69 Å². The third-order valence-corrected chi connectivity index (χ3v) is 4.66. The molecule has 6 heteroatoms. The van der Waals surface area contributed by atoms with Crippen LogP contribution in [-0.2, 0) is 4.79 Å². The van der Waals surface area contributed by atoms with E-state index in [1.165, 1.54) is 18.3 Å². The molecule has 0 radical (unpaired) electrons. The number of halogens is 1.